The van der Waals surface area contributed by atoms with Gasteiger partial charge in [0.1, 0.15) is 12.0 Å². The van der Waals surface area contributed by atoms with Gasteiger partial charge in [0, 0.05) is 44.2 Å². The highest BCUT2D eigenvalue weighted by molar-refractivity contribution is 5.96. The van der Waals surface area contributed by atoms with Gasteiger partial charge in [0.2, 0.25) is 6.79 Å². The predicted molar refractivity (Wildman–Crippen MR) is 145 cm³/mol. The number of carbonyl (C=O) groups excluding carboxylic acids is 1. The molecule has 2 amide bonds. The number of nitrogens with one attached hydrogen (secondary N) is 2. The van der Waals surface area contributed by atoms with Crippen LogP contribution in [0.5, 0.6) is 11.5 Å². The molecule has 38 heavy (non-hydrogen) atoms. The number of urea groups is 1. The van der Waals surface area contributed by atoms with Crippen LogP contribution in [0.2, 0.25) is 0 Å². The Bertz CT molecular complexity index is 1040. The average molecular weight is 527 g/mol. The van der Waals surface area contributed by atoms with Crippen LogP contribution >= 0.6 is 0 Å². The molecule has 2 N–H and O–H groups in total. The highest BCUT2D eigenvalue weighted by Crippen LogP contribution is 2.40. The van der Waals surface area contributed by atoms with E-state index >= 15 is 0 Å². The average Bonchev–Trinajstić information content (AvgIpc) is 3.45. The van der Waals surface area contributed by atoms with E-state index in [2.05, 4.69) is 43.4 Å². The molecule has 0 aliphatic carbocycles. The van der Waals surface area contributed by atoms with E-state index in [9.17, 15) is 4.79 Å². The topological polar surface area (TPSA) is 110 Å². The van der Waals surface area contributed by atoms with Crippen LogP contribution in [0, 0.1) is 0 Å². The summed E-state index contributed by atoms with van der Waals surface area (Å²) in [5.41, 5.74) is 1.69. The largest absolute Gasteiger partial charge is 0.454 e. The van der Waals surface area contributed by atoms with Crippen molar-refractivity contribution in [1.29, 1.82) is 0 Å². The molecular weight excluding hydrogens is 488 g/mol. The Hall–Kier alpha value is -3.31. The molecule has 5 rings (SSSR count). The van der Waals surface area contributed by atoms with Gasteiger partial charge < -0.3 is 39.4 Å². The summed E-state index contributed by atoms with van der Waals surface area (Å²) < 4.78 is 22.5. The second-order valence-corrected chi connectivity index (χ2v) is 9.70. The summed E-state index contributed by atoms with van der Waals surface area (Å²) in [6.45, 7) is 8.19. The molecule has 0 saturated carbocycles. The molecule has 2 fully saturated rings. The smallest absolute Gasteiger partial charge is 0.319 e. The molecule has 4 heterocycles. The Morgan fingerprint density at radius 3 is 2.32 bits per heavy atom. The van der Waals surface area contributed by atoms with Crippen molar-refractivity contribution in [2.24, 2.45) is 0 Å². The van der Waals surface area contributed by atoms with Crippen molar-refractivity contribution in [3.8, 4) is 11.5 Å². The van der Waals surface area contributed by atoms with Gasteiger partial charge in [-0.25, -0.2) is 14.8 Å². The predicted octanol–water partition coefficient (Wildman–Crippen LogP) is 3.36. The minimum absolute atomic E-state index is 0.105. The van der Waals surface area contributed by atoms with Crippen LogP contribution < -0.4 is 29.9 Å². The molecule has 0 unspecified atom stereocenters. The lowest BCUT2D eigenvalue weighted by atomic mass is 9.92. The summed E-state index contributed by atoms with van der Waals surface area (Å²) in [4.78, 5) is 26.8. The number of rotatable bonds is 10. The van der Waals surface area contributed by atoms with E-state index in [1.807, 2.05) is 12.1 Å². The molecule has 3 aliphatic heterocycles. The fraction of sp³-hybridized carbons (Fsp3) is 0.593. The molecule has 11 heteroatoms. The minimum Gasteiger partial charge on any atom is -0.454 e. The number of benzene rings is 1. The van der Waals surface area contributed by atoms with Gasteiger partial charge in [-0.1, -0.05) is 38.3 Å². The lowest BCUT2D eigenvalue weighted by molar-refractivity contribution is 0.122. The second kappa shape index (κ2) is 13.0. The van der Waals surface area contributed by atoms with E-state index in [1.165, 1.54) is 0 Å². The normalized spacial score (nSPS) is 17.8. The summed E-state index contributed by atoms with van der Waals surface area (Å²) >= 11 is 0. The highest BCUT2D eigenvalue weighted by atomic mass is 16.7. The number of fused-ring (bicyclic) bond motifs is 1. The number of amides is 2. The third kappa shape index (κ3) is 6.21. The zero-order valence-corrected chi connectivity index (χ0v) is 22.1. The first kappa shape index (κ1) is 26.3. The van der Waals surface area contributed by atoms with Gasteiger partial charge in [-0.05, 0) is 12.5 Å². The molecule has 11 nitrogen and oxygen atoms in total. The number of hydrogen-bond acceptors (Lipinski definition) is 9. The van der Waals surface area contributed by atoms with E-state index in [0.717, 1.165) is 42.7 Å². The van der Waals surface area contributed by atoms with E-state index in [-0.39, 0.29) is 18.7 Å². The number of morpholine rings is 2. The summed E-state index contributed by atoms with van der Waals surface area (Å²) in [7, 11) is 0. The summed E-state index contributed by atoms with van der Waals surface area (Å²) in [6.07, 6.45) is 5.86. The number of nitrogens with zero attached hydrogens (tertiary/aromatic N) is 4. The molecule has 2 aromatic rings. The van der Waals surface area contributed by atoms with Crippen molar-refractivity contribution in [3.63, 3.8) is 0 Å². The van der Waals surface area contributed by atoms with Crippen LogP contribution in [-0.4, -0.2) is 81.9 Å². The van der Waals surface area contributed by atoms with Crippen molar-refractivity contribution in [1.82, 2.24) is 15.3 Å². The fourth-order valence-corrected chi connectivity index (χ4v) is 5.17. The maximum absolute atomic E-state index is 13.4. The molecule has 0 radical (unpaired) electrons. The van der Waals surface area contributed by atoms with Crippen molar-refractivity contribution < 1.29 is 23.7 Å². The van der Waals surface area contributed by atoms with Crippen LogP contribution in [0.3, 0.4) is 0 Å². The first-order valence-electron chi connectivity index (χ1n) is 13.7. The molecule has 2 saturated heterocycles. The van der Waals surface area contributed by atoms with Gasteiger partial charge >= 0.3 is 6.03 Å². The Labute approximate surface area is 223 Å². The fourth-order valence-electron chi connectivity index (χ4n) is 5.17. The number of hydrogen-bond donors (Lipinski definition) is 2. The number of para-hydroxylation sites is 1. The lowest BCUT2D eigenvalue weighted by Crippen LogP contribution is -2.41. The third-order valence-electron chi connectivity index (χ3n) is 7.20. The molecule has 1 atom stereocenters. The number of aromatic nitrogens is 2. The zero-order chi connectivity index (χ0) is 26.2. The first-order chi connectivity index (χ1) is 18.7. The zero-order valence-electron chi connectivity index (χ0n) is 22.1. The number of unbranched alkanes of at least 4 members (excludes halogenated alkanes) is 2. The number of anilines is 3. The van der Waals surface area contributed by atoms with Crippen molar-refractivity contribution in [2.75, 3.05) is 81.1 Å². The molecule has 1 aromatic carbocycles. The minimum atomic E-state index is -0.283. The molecular formula is C27H38N6O5. The number of ether oxygens (including phenoxy) is 4. The van der Waals surface area contributed by atoms with Crippen molar-refractivity contribution in [2.45, 2.75) is 38.5 Å². The van der Waals surface area contributed by atoms with Crippen LogP contribution in [0.25, 0.3) is 0 Å². The van der Waals surface area contributed by atoms with Crippen LogP contribution in [0.1, 0.15) is 44.1 Å². The second-order valence-electron chi connectivity index (χ2n) is 9.70. The van der Waals surface area contributed by atoms with Crippen LogP contribution in [0.15, 0.2) is 24.5 Å². The Morgan fingerprint density at radius 2 is 1.66 bits per heavy atom. The van der Waals surface area contributed by atoms with E-state index < -0.39 is 0 Å². The maximum atomic E-state index is 13.4. The van der Waals surface area contributed by atoms with Crippen molar-refractivity contribution >= 4 is 23.4 Å². The molecule has 1 aromatic heterocycles. The van der Waals surface area contributed by atoms with E-state index in [1.54, 1.807) is 6.33 Å². The first-order valence-corrected chi connectivity index (χ1v) is 13.7. The Morgan fingerprint density at radius 1 is 0.974 bits per heavy atom. The molecule has 3 aliphatic rings. The van der Waals surface area contributed by atoms with Gasteiger partial charge in [0.15, 0.2) is 23.1 Å². The van der Waals surface area contributed by atoms with Crippen LogP contribution in [0.4, 0.5) is 22.1 Å². The van der Waals surface area contributed by atoms with Gasteiger partial charge in [-0.3, -0.25) is 0 Å². The van der Waals surface area contributed by atoms with Gasteiger partial charge in [-0.15, -0.1) is 0 Å². The third-order valence-corrected chi connectivity index (χ3v) is 7.20. The van der Waals surface area contributed by atoms with Gasteiger partial charge in [0.25, 0.3) is 0 Å². The molecule has 0 bridgehead atoms. The lowest BCUT2D eigenvalue weighted by Gasteiger charge is -2.33. The number of carbonyl (C=O) groups is 1. The van der Waals surface area contributed by atoms with Gasteiger partial charge in [-0.2, -0.15) is 0 Å². The SMILES string of the molecule is CCCCC[C@@H](CNC(=O)Nc1c(N2CCOCC2)ncnc1N1CCOCC1)c1cccc2c1OCO2. The van der Waals surface area contributed by atoms with E-state index in [0.29, 0.717) is 76.5 Å². The van der Waals surface area contributed by atoms with Crippen LogP contribution in [-0.2, 0) is 9.47 Å². The quantitative estimate of drug-likeness (QED) is 0.450. The Kier molecular flexibility index (Phi) is 8.98. The Balaban J connectivity index is 1.33. The summed E-state index contributed by atoms with van der Waals surface area (Å²) in [6, 6.07) is 5.70. The highest BCUT2D eigenvalue weighted by Gasteiger charge is 2.27. The van der Waals surface area contributed by atoms with E-state index in [4.69, 9.17) is 18.9 Å². The maximum Gasteiger partial charge on any atom is 0.319 e. The standard InChI is InChI=1S/C27H38N6O5/c1-2-3-4-6-20(21-7-5-8-22-24(21)38-19-37-22)17-28-27(34)31-23-25(32-9-13-35-14-10-32)29-18-30-26(23)33-11-15-36-16-12-33/h5,7-8,18,20H,2-4,6,9-17,19H2,1H3,(H2,28,31,34)/t20-/m0/s1. The monoisotopic (exact) mass is 526 g/mol. The van der Waals surface area contributed by atoms with Crippen molar-refractivity contribution in [3.05, 3.63) is 30.1 Å². The molecule has 206 valence electrons. The van der Waals surface area contributed by atoms with Gasteiger partial charge in [0.05, 0.1) is 26.4 Å². The summed E-state index contributed by atoms with van der Waals surface area (Å²) in [5.74, 6) is 3.08. The summed E-state index contributed by atoms with van der Waals surface area (Å²) in [5, 5.41) is 6.22. The molecule has 0 spiro atoms.